The molecule has 52 valence electrons. The molecule has 1 aliphatic heterocycles. The van der Waals surface area contributed by atoms with E-state index in [0.29, 0.717) is 13.2 Å². The molecule has 1 N–H and O–H groups in total. The van der Waals surface area contributed by atoms with Gasteiger partial charge < -0.3 is 0 Å². The van der Waals surface area contributed by atoms with Crippen molar-refractivity contribution < 1.29 is 5.03 Å². The van der Waals surface area contributed by atoms with Crippen molar-refractivity contribution in [3.63, 3.8) is 0 Å². The molecule has 0 amide bonds. The molecule has 1 heterocycles. The van der Waals surface area contributed by atoms with E-state index in [4.69, 9.17) is 0 Å². The summed E-state index contributed by atoms with van der Waals surface area (Å²) >= 11 is 0. The van der Waals surface area contributed by atoms with E-state index in [-0.39, 0.29) is 5.03 Å². The molecule has 0 aromatic rings. The van der Waals surface area contributed by atoms with Gasteiger partial charge in [0.2, 0.25) is 0 Å². The first kappa shape index (κ1) is 6.28. The predicted molar refractivity (Wildman–Crippen MR) is 31.2 cm³/mol. The number of hydrazine groups is 1. The van der Waals surface area contributed by atoms with Gasteiger partial charge in [-0.1, -0.05) is 0 Å². The fourth-order valence-electron chi connectivity index (χ4n) is 0.813. The Morgan fingerprint density at radius 2 is 2.44 bits per heavy atom. The number of rotatable bonds is 1. The fraction of sp³-hybridized carbons (Fsp3) is 1.00. The first-order chi connectivity index (χ1) is 4.30. The quantitative estimate of drug-likeness (QED) is 0.382. The standard InChI is InChI=1S/C4H9N3O2/c8-7(9)6-3-1-2-5-4-6/h5H,1-4H2. The van der Waals surface area contributed by atoms with E-state index in [2.05, 4.69) is 5.32 Å². The smallest absolute Gasteiger partial charge is 0.161 e. The summed E-state index contributed by atoms with van der Waals surface area (Å²) in [4.78, 5) is 10.0. The molecule has 0 spiro atoms. The van der Waals surface area contributed by atoms with Crippen LogP contribution in [0.3, 0.4) is 0 Å². The molecule has 0 aliphatic carbocycles. The minimum Gasteiger partial charge on any atom is -0.295 e. The lowest BCUT2D eigenvalue weighted by Gasteiger charge is -2.19. The summed E-state index contributed by atoms with van der Waals surface area (Å²) in [5, 5.41) is 13.7. The molecule has 0 aromatic heterocycles. The Hall–Kier alpha value is -0.840. The minimum atomic E-state index is -0.369. The summed E-state index contributed by atoms with van der Waals surface area (Å²) in [6.45, 7) is 1.84. The maximum atomic E-state index is 10.0. The highest BCUT2D eigenvalue weighted by atomic mass is 16.7. The highest BCUT2D eigenvalue weighted by Gasteiger charge is 2.15. The molecule has 0 atom stereocenters. The molecule has 5 nitrogen and oxygen atoms in total. The molecule has 0 saturated carbocycles. The van der Waals surface area contributed by atoms with Crippen molar-refractivity contribution in [3.8, 4) is 0 Å². The molecule has 0 unspecified atom stereocenters. The first-order valence-corrected chi connectivity index (χ1v) is 2.90. The molecule has 9 heavy (non-hydrogen) atoms. The van der Waals surface area contributed by atoms with E-state index in [1.165, 1.54) is 5.01 Å². The van der Waals surface area contributed by atoms with E-state index in [1.54, 1.807) is 0 Å². The fourth-order valence-corrected chi connectivity index (χ4v) is 0.813. The van der Waals surface area contributed by atoms with Gasteiger partial charge in [0.05, 0.1) is 6.54 Å². The lowest BCUT2D eigenvalue weighted by molar-refractivity contribution is -0.658. The summed E-state index contributed by atoms with van der Waals surface area (Å²) in [5.41, 5.74) is 0. The third-order valence-corrected chi connectivity index (χ3v) is 1.30. The van der Waals surface area contributed by atoms with Crippen molar-refractivity contribution in [2.75, 3.05) is 19.8 Å². The van der Waals surface area contributed by atoms with Crippen LogP contribution in [0.5, 0.6) is 0 Å². The highest BCUT2D eigenvalue weighted by molar-refractivity contribution is 4.54. The van der Waals surface area contributed by atoms with Crippen LogP contribution >= 0.6 is 0 Å². The normalized spacial score (nSPS) is 19.8. The summed E-state index contributed by atoms with van der Waals surface area (Å²) < 4.78 is 0. The van der Waals surface area contributed by atoms with Crippen molar-refractivity contribution in [2.24, 2.45) is 0 Å². The molecule has 5 heteroatoms. The molecule has 0 aromatic carbocycles. The Labute approximate surface area is 52.8 Å². The van der Waals surface area contributed by atoms with E-state index >= 15 is 0 Å². The lowest BCUT2D eigenvalue weighted by Crippen LogP contribution is -2.44. The maximum Gasteiger partial charge on any atom is 0.161 e. The van der Waals surface area contributed by atoms with Gasteiger partial charge in [-0.3, -0.25) is 5.32 Å². The third-order valence-electron chi connectivity index (χ3n) is 1.30. The van der Waals surface area contributed by atoms with E-state index in [0.717, 1.165) is 13.0 Å². The van der Waals surface area contributed by atoms with E-state index in [9.17, 15) is 10.1 Å². The molecular weight excluding hydrogens is 122 g/mol. The Morgan fingerprint density at radius 3 is 2.78 bits per heavy atom. The second kappa shape index (κ2) is 2.63. The van der Waals surface area contributed by atoms with Gasteiger partial charge in [-0.05, 0) is 13.0 Å². The molecule has 1 fully saturated rings. The van der Waals surface area contributed by atoms with Gasteiger partial charge in [0.15, 0.2) is 5.03 Å². The Bertz CT molecular complexity index is 110. The van der Waals surface area contributed by atoms with Crippen LogP contribution in [0.1, 0.15) is 6.42 Å². The number of nitrogens with zero attached hydrogens (tertiary/aromatic N) is 2. The van der Waals surface area contributed by atoms with Gasteiger partial charge >= 0.3 is 0 Å². The Morgan fingerprint density at radius 1 is 1.67 bits per heavy atom. The monoisotopic (exact) mass is 131 g/mol. The van der Waals surface area contributed by atoms with Crippen LogP contribution < -0.4 is 5.32 Å². The zero-order valence-corrected chi connectivity index (χ0v) is 5.04. The van der Waals surface area contributed by atoms with Crippen LogP contribution in [0.25, 0.3) is 0 Å². The van der Waals surface area contributed by atoms with E-state index in [1.807, 2.05) is 0 Å². The second-order valence-electron chi connectivity index (χ2n) is 1.98. The SMILES string of the molecule is O=[N+]([O-])N1CCCNC1. The summed E-state index contributed by atoms with van der Waals surface area (Å²) in [7, 11) is 0. The number of nitrogens with one attached hydrogen (secondary N) is 1. The van der Waals surface area contributed by atoms with Crippen LogP contribution in [0, 0.1) is 10.1 Å². The molecule has 1 aliphatic rings. The van der Waals surface area contributed by atoms with Gasteiger partial charge in [0.25, 0.3) is 0 Å². The molecule has 1 saturated heterocycles. The molecule has 0 radical (unpaired) electrons. The maximum absolute atomic E-state index is 10.0. The van der Waals surface area contributed by atoms with Gasteiger partial charge in [-0.25, -0.2) is 10.1 Å². The van der Waals surface area contributed by atoms with Crippen molar-refractivity contribution in [3.05, 3.63) is 10.1 Å². The zero-order chi connectivity index (χ0) is 6.69. The largest absolute Gasteiger partial charge is 0.295 e. The van der Waals surface area contributed by atoms with Crippen molar-refractivity contribution in [1.29, 1.82) is 0 Å². The predicted octanol–water partition coefficient (Wildman–Crippen LogP) is -0.569. The average Bonchev–Trinajstić information content (AvgIpc) is 1.90. The summed E-state index contributed by atoms with van der Waals surface area (Å²) in [5.74, 6) is 0. The molecular formula is C4H9N3O2. The number of nitro groups is 1. The minimum absolute atomic E-state index is 0.369. The number of hydrogen-bond acceptors (Lipinski definition) is 3. The first-order valence-electron chi connectivity index (χ1n) is 2.90. The Balaban J connectivity index is 2.31. The lowest BCUT2D eigenvalue weighted by atomic mass is 10.4. The van der Waals surface area contributed by atoms with Gasteiger partial charge in [0.1, 0.15) is 6.67 Å². The van der Waals surface area contributed by atoms with Crippen LogP contribution in [0.15, 0.2) is 0 Å². The van der Waals surface area contributed by atoms with Crippen molar-refractivity contribution >= 4 is 0 Å². The highest BCUT2D eigenvalue weighted by Crippen LogP contribution is 1.93. The van der Waals surface area contributed by atoms with Crippen LogP contribution in [-0.2, 0) is 0 Å². The van der Waals surface area contributed by atoms with Gasteiger partial charge in [-0.2, -0.15) is 0 Å². The van der Waals surface area contributed by atoms with Gasteiger partial charge in [0, 0.05) is 0 Å². The topological polar surface area (TPSA) is 58.4 Å². The summed E-state index contributed by atoms with van der Waals surface area (Å²) in [6.07, 6.45) is 0.862. The van der Waals surface area contributed by atoms with E-state index < -0.39 is 0 Å². The van der Waals surface area contributed by atoms with Crippen LogP contribution in [0.2, 0.25) is 0 Å². The zero-order valence-electron chi connectivity index (χ0n) is 5.04. The van der Waals surface area contributed by atoms with Crippen LogP contribution in [0.4, 0.5) is 0 Å². The second-order valence-corrected chi connectivity index (χ2v) is 1.98. The van der Waals surface area contributed by atoms with Crippen molar-refractivity contribution in [1.82, 2.24) is 10.3 Å². The van der Waals surface area contributed by atoms with Crippen LogP contribution in [-0.4, -0.2) is 29.8 Å². The number of hydrogen-bond donors (Lipinski definition) is 1. The molecule has 1 rings (SSSR count). The summed E-state index contributed by atoms with van der Waals surface area (Å²) in [6, 6.07) is 0. The van der Waals surface area contributed by atoms with Gasteiger partial charge in [-0.15, -0.1) is 5.01 Å². The third kappa shape index (κ3) is 1.53. The van der Waals surface area contributed by atoms with Crippen molar-refractivity contribution in [2.45, 2.75) is 6.42 Å². The Kier molecular flexibility index (Phi) is 1.84. The average molecular weight is 131 g/mol. The molecule has 0 bridgehead atoms.